The summed E-state index contributed by atoms with van der Waals surface area (Å²) in [7, 11) is -8.10. The average Bonchev–Trinajstić information content (AvgIpc) is 2.27. The Kier molecular flexibility index (Phi) is 4.50. The molecule has 0 saturated heterocycles. The SMILES string of the molecule is NC(=O)OCCS(=O)(=O)c1ccc(S(=O)(=O)O)cc1. The average molecular weight is 309 g/mol. The van der Waals surface area contributed by atoms with Gasteiger partial charge in [0.1, 0.15) is 6.61 Å². The molecule has 1 aromatic rings. The molecule has 0 fully saturated rings. The van der Waals surface area contributed by atoms with Gasteiger partial charge in [-0.1, -0.05) is 0 Å². The Morgan fingerprint density at radius 1 is 1.11 bits per heavy atom. The van der Waals surface area contributed by atoms with Gasteiger partial charge in [0, 0.05) is 0 Å². The highest BCUT2D eigenvalue weighted by atomic mass is 32.2. The van der Waals surface area contributed by atoms with Crippen LogP contribution in [-0.4, -0.2) is 39.8 Å². The molecule has 1 aromatic carbocycles. The summed E-state index contributed by atoms with van der Waals surface area (Å²) in [6.07, 6.45) is -1.09. The summed E-state index contributed by atoms with van der Waals surface area (Å²) in [6, 6.07) is 3.97. The number of hydrogen-bond acceptors (Lipinski definition) is 6. The summed E-state index contributed by atoms with van der Waals surface area (Å²) in [6.45, 7) is -0.405. The number of carbonyl (C=O) groups is 1. The smallest absolute Gasteiger partial charge is 0.404 e. The number of nitrogens with two attached hydrogens (primary N) is 1. The lowest BCUT2D eigenvalue weighted by atomic mass is 10.4. The fourth-order valence-electron chi connectivity index (χ4n) is 1.19. The monoisotopic (exact) mass is 309 g/mol. The molecule has 0 spiro atoms. The van der Waals surface area contributed by atoms with Gasteiger partial charge in [0.05, 0.1) is 15.5 Å². The Balaban J connectivity index is 2.88. The molecule has 106 valence electrons. The molecular weight excluding hydrogens is 298 g/mol. The van der Waals surface area contributed by atoms with Gasteiger partial charge in [-0.25, -0.2) is 13.2 Å². The molecule has 10 heteroatoms. The van der Waals surface area contributed by atoms with Crippen LogP contribution in [0.1, 0.15) is 0 Å². The van der Waals surface area contributed by atoms with E-state index in [1.165, 1.54) is 0 Å². The van der Waals surface area contributed by atoms with E-state index in [0.717, 1.165) is 24.3 Å². The Labute approximate surface area is 109 Å². The fourth-order valence-corrected chi connectivity index (χ4v) is 2.76. The number of rotatable bonds is 5. The lowest BCUT2D eigenvalue weighted by molar-refractivity contribution is 0.163. The molecule has 0 bridgehead atoms. The predicted octanol–water partition coefficient (Wildman–Crippen LogP) is -0.198. The van der Waals surface area contributed by atoms with Crippen molar-refractivity contribution >= 4 is 26.0 Å². The van der Waals surface area contributed by atoms with Crippen LogP contribution < -0.4 is 5.73 Å². The Morgan fingerprint density at radius 2 is 1.58 bits per heavy atom. The lowest BCUT2D eigenvalue weighted by Gasteiger charge is -2.05. The standard InChI is InChI=1S/C9H11NO7S2/c10-9(11)17-5-6-18(12,13)7-1-3-8(4-2-7)19(14,15)16/h1-4H,5-6H2,(H2,10,11)(H,14,15,16). The lowest BCUT2D eigenvalue weighted by Crippen LogP contribution is -2.19. The van der Waals surface area contributed by atoms with E-state index in [1.54, 1.807) is 0 Å². The summed E-state index contributed by atoms with van der Waals surface area (Å²) in [5.74, 6) is -0.485. The van der Waals surface area contributed by atoms with Crippen LogP contribution in [0.25, 0.3) is 0 Å². The van der Waals surface area contributed by atoms with Crippen LogP contribution in [0, 0.1) is 0 Å². The molecule has 8 nitrogen and oxygen atoms in total. The molecule has 0 aliphatic heterocycles. The maximum atomic E-state index is 11.7. The first-order chi connectivity index (χ1) is 8.63. The molecule has 0 aliphatic carbocycles. The van der Waals surface area contributed by atoms with Gasteiger partial charge in [-0.3, -0.25) is 4.55 Å². The molecule has 19 heavy (non-hydrogen) atoms. The van der Waals surface area contributed by atoms with E-state index in [9.17, 15) is 21.6 Å². The van der Waals surface area contributed by atoms with Gasteiger partial charge < -0.3 is 10.5 Å². The second-order valence-electron chi connectivity index (χ2n) is 3.43. The van der Waals surface area contributed by atoms with Gasteiger partial charge in [-0.15, -0.1) is 0 Å². The van der Waals surface area contributed by atoms with E-state index in [0.29, 0.717) is 0 Å². The first kappa shape index (κ1) is 15.4. The quantitative estimate of drug-likeness (QED) is 0.717. The molecule has 3 N–H and O–H groups in total. The van der Waals surface area contributed by atoms with Crippen molar-refractivity contribution in [2.24, 2.45) is 5.73 Å². The molecule has 0 aromatic heterocycles. The highest BCUT2D eigenvalue weighted by Crippen LogP contribution is 2.15. The Bertz CT molecular complexity index is 661. The van der Waals surface area contributed by atoms with Crippen molar-refractivity contribution in [3.8, 4) is 0 Å². The number of ether oxygens (including phenoxy) is 1. The van der Waals surface area contributed by atoms with E-state index < -0.39 is 43.3 Å². The topological polar surface area (TPSA) is 141 Å². The number of benzene rings is 1. The zero-order valence-corrected chi connectivity index (χ0v) is 11.1. The third-order valence-corrected chi connectivity index (χ3v) is 4.64. The summed E-state index contributed by atoms with van der Waals surface area (Å²) < 4.78 is 58.0. The van der Waals surface area contributed by atoms with Crippen molar-refractivity contribution in [2.45, 2.75) is 9.79 Å². The minimum Gasteiger partial charge on any atom is -0.449 e. The number of carbonyl (C=O) groups excluding carboxylic acids is 1. The van der Waals surface area contributed by atoms with Gasteiger partial charge in [0.25, 0.3) is 10.1 Å². The molecule has 0 aliphatic rings. The van der Waals surface area contributed by atoms with Crippen LogP contribution in [0.4, 0.5) is 4.79 Å². The molecular formula is C9H11NO7S2. The van der Waals surface area contributed by atoms with Crippen molar-refractivity contribution in [3.63, 3.8) is 0 Å². The second-order valence-corrected chi connectivity index (χ2v) is 6.96. The van der Waals surface area contributed by atoms with Gasteiger partial charge in [0.2, 0.25) is 0 Å². The van der Waals surface area contributed by atoms with Crippen LogP contribution in [0.2, 0.25) is 0 Å². The van der Waals surface area contributed by atoms with E-state index >= 15 is 0 Å². The summed E-state index contributed by atoms with van der Waals surface area (Å²) in [5, 5.41) is 0. The first-order valence-electron chi connectivity index (χ1n) is 4.85. The van der Waals surface area contributed by atoms with Crippen molar-refractivity contribution in [1.82, 2.24) is 0 Å². The highest BCUT2D eigenvalue weighted by Gasteiger charge is 2.17. The van der Waals surface area contributed by atoms with Crippen LogP contribution >= 0.6 is 0 Å². The van der Waals surface area contributed by atoms with Crippen LogP contribution in [0.5, 0.6) is 0 Å². The van der Waals surface area contributed by atoms with Crippen LogP contribution in [-0.2, 0) is 24.7 Å². The summed E-state index contributed by atoms with van der Waals surface area (Å²) >= 11 is 0. The minimum absolute atomic E-state index is 0.159. The minimum atomic E-state index is -4.37. The third-order valence-electron chi connectivity index (χ3n) is 2.08. The van der Waals surface area contributed by atoms with E-state index in [-0.39, 0.29) is 4.90 Å². The normalized spacial score (nSPS) is 12.1. The van der Waals surface area contributed by atoms with Crippen molar-refractivity contribution in [3.05, 3.63) is 24.3 Å². The van der Waals surface area contributed by atoms with Crippen molar-refractivity contribution in [1.29, 1.82) is 0 Å². The van der Waals surface area contributed by atoms with Gasteiger partial charge >= 0.3 is 6.09 Å². The second kappa shape index (κ2) is 5.55. The van der Waals surface area contributed by atoms with E-state index in [2.05, 4.69) is 10.5 Å². The molecule has 0 atom stereocenters. The fraction of sp³-hybridized carbons (Fsp3) is 0.222. The maximum Gasteiger partial charge on any atom is 0.404 e. The molecule has 0 radical (unpaired) electrons. The summed E-state index contributed by atoms with van der Waals surface area (Å²) in [4.78, 5) is 9.71. The number of amides is 1. The van der Waals surface area contributed by atoms with Crippen molar-refractivity contribution in [2.75, 3.05) is 12.4 Å². The zero-order chi connectivity index (χ0) is 14.7. The maximum absolute atomic E-state index is 11.7. The molecule has 0 saturated carbocycles. The third kappa shape index (κ3) is 4.50. The summed E-state index contributed by atoms with van der Waals surface area (Å²) in [5.41, 5.74) is 4.68. The predicted molar refractivity (Wildman–Crippen MR) is 63.8 cm³/mol. The van der Waals surface area contributed by atoms with Crippen molar-refractivity contribution < 1.29 is 30.9 Å². The van der Waals surface area contributed by atoms with E-state index in [1.807, 2.05) is 0 Å². The van der Waals surface area contributed by atoms with Gasteiger partial charge in [-0.05, 0) is 24.3 Å². The Morgan fingerprint density at radius 3 is 2.00 bits per heavy atom. The molecule has 0 heterocycles. The Hall–Kier alpha value is -1.65. The van der Waals surface area contributed by atoms with E-state index in [4.69, 9.17) is 4.55 Å². The number of primary amides is 1. The first-order valence-corrected chi connectivity index (χ1v) is 7.95. The number of hydrogen-bond donors (Lipinski definition) is 2. The molecule has 1 amide bonds. The van der Waals surface area contributed by atoms with Crippen LogP contribution in [0.3, 0.4) is 0 Å². The van der Waals surface area contributed by atoms with Gasteiger partial charge in [-0.2, -0.15) is 8.42 Å². The molecule has 0 unspecified atom stereocenters. The van der Waals surface area contributed by atoms with Crippen LogP contribution in [0.15, 0.2) is 34.1 Å². The number of sulfone groups is 1. The largest absolute Gasteiger partial charge is 0.449 e. The highest BCUT2D eigenvalue weighted by molar-refractivity contribution is 7.91. The zero-order valence-electron chi connectivity index (χ0n) is 9.51. The van der Waals surface area contributed by atoms with Gasteiger partial charge in [0.15, 0.2) is 9.84 Å². The molecule has 1 rings (SSSR count).